The van der Waals surface area contributed by atoms with E-state index >= 15 is 0 Å². The summed E-state index contributed by atoms with van der Waals surface area (Å²) in [7, 11) is 0. The Kier molecular flexibility index (Phi) is 4.83. The minimum Gasteiger partial charge on any atom is -0.322 e. The smallest absolute Gasteiger partial charge is 0.261 e. The Bertz CT molecular complexity index is 1100. The Balaban J connectivity index is 1.56. The molecule has 138 valence electrons. The summed E-state index contributed by atoms with van der Waals surface area (Å²) < 4.78 is 2.70. The van der Waals surface area contributed by atoms with Gasteiger partial charge in [-0.25, -0.2) is 14.5 Å². The third-order valence-electron chi connectivity index (χ3n) is 4.54. The van der Waals surface area contributed by atoms with Crippen molar-refractivity contribution in [3.05, 3.63) is 53.4 Å². The van der Waals surface area contributed by atoms with Crippen molar-refractivity contribution in [1.82, 2.24) is 24.5 Å². The van der Waals surface area contributed by atoms with Crippen LogP contribution in [0.15, 0.2) is 42.3 Å². The van der Waals surface area contributed by atoms with E-state index in [1.54, 1.807) is 27.6 Å². The second kappa shape index (κ2) is 7.42. The second-order valence-corrected chi connectivity index (χ2v) is 7.13. The molecule has 4 aromatic rings. The first kappa shape index (κ1) is 17.6. The number of hydrogen-bond acceptors (Lipinski definition) is 6. The third-order valence-corrected chi connectivity index (χ3v) is 5.34. The molecule has 3 aromatic heterocycles. The Labute approximate surface area is 160 Å². The fraction of sp³-hybridized carbons (Fsp3) is 0.263. The summed E-state index contributed by atoms with van der Waals surface area (Å²) in [5.41, 5.74) is 5.52. The van der Waals surface area contributed by atoms with Gasteiger partial charge in [-0.05, 0) is 31.3 Å². The molecule has 0 radical (unpaired) electrons. The number of aromatic nitrogens is 4. The van der Waals surface area contributed by atoms with Crippen LogP contribution in [0.4, 0.5) is 5.69 Å². The maximum absolute atomic E-state index is 12.7. The van der Waals surface area contributed by atoms with Crippen LogP contribution in [-0.2, 0) is 6.54 Å². The summed E-state index contributed by atoms with van der Waals surface area (Å²) in [5, 5.41) is 7.23. The molecule has 0 saturated heterocycles. The van der Waals surface area contributed by atoms with Crippen molar-refractivity contribution in [2.45, 2.75) is 20.4 Å². The van der Waals surface area contributed by atoms with Crippen LogP contribution in [0.3, 0.4) is 0 Å². The van der Waals surface area contributed by atoms with Crippen molar-refractivity contribution >= 4 is 38.8 Å². The van der Waals surface area contributed by atoms with Crippen molar-refractivity contribution in [3.63, 3.8) is 0 Å². The van der Waals surface area contributed by atoms with E-state index < -0.39 is 0 Å². The van der Waals surface area contributed by atoms with Gasteiger partial charge in [-0.2, -0.15) is 5.10 Å². The van der Waals surface area contributed by atoms with E-state index in [2.05, 4.69) is 39.1 Å². The standard InChI is InChI=1S/C19H20N6OS/c1-3-24(4-2)10-13-8-20-18-15(9-22-25(18)11-13)19(26)23-14-5-6-16-17(7-14)27-12-21-16/h5-9,11-12H,3-4,10H2,1-2H3,(H,23,26). The van der Waals surface area contributed by atoms with Crippen LogP contribution in [-0.4, -0.2) is 43.5 Å². The first-order valence-corrected chi connectivity index (χ1v) is 9.75. The van der Waals surface area contributed by atoms with E-state index in [4.69, 9.17) is 0 Å². The SMILES string of the molecule is CCN(CC)Cc1cnc2c(C(=O)Nc3ccc4ncsc4c3)cnn2c1. The van der Waals surface area contributed by atoms with E-state index in [1.807, 2.05) is 30.6 Å². The molecule has 0 aliphatic heterocycles. The average Bonchev–Trinajstić information content (AvgIpc) is 3.32. The number of nitrogens with zero attached hydrogens (tertiary/aromatic N) is 5. The fourth-order valence-electron chi connectivity index (χ4n) is 2.99. The quantitative estimate of drug-likeness (QED) is 0.555. The maximum atomic E-state index is 12.7. The molecule has 27 heavy (non-hydrogen) atoms. The summed E-state index contributed by atoms with van der Waals surface area (Å²) in [6.07, 6.45) is 5.31. The van der Waals surface area contributed by atoms with Crippen LogP contribution in [0, 0.1) is 0 Å². The van der Waals surface area contributed by atoms with E-state index in [0.717, 1.165) is 41.1 Å². The van der Waals surface area contributed by atoms with Crippen LogP contribution in [0.5, 0.6) is 0 Å². The Morgan fingerprint density at radius 1 is 1.22 bits per heavy atom. The number of fused-ring (bicyclic) bond motifs is 2. The van der Waals surface area contributed by atoms with Gasteiger partial charge in [0, 0.05) is 30.2 Å². The molecule has 7 nitrogen and oxygen atoms in total. The lowest BCUT2D eigenvalue weighted by Crippen LogP contribution is -2.22. The highest BCUT2D eigenvalue weighted by Crippen LogP contribution is 2.22. The first-order chi connectivity index (χ1) is 13.2. The number of thiazole rings is 1. The van der Waals surface area contributed by atoms with Crippen molar-refractivity contribution in [1.29, 1.82) is 0 Å². The zero-order valence-electron chi connectivity index (χ0n) is 15.2. The highest BCUT2D eigenvalue weighted by atomic mass is 32.1. The fourth-order valence-corrected chi connectivity index (χ4v) is 3.71. The van der Waals surface area contributed by atoms with Gasteiger partial charge >= 0.3 is 0 Å². The van der Waals surface area contributed by atoms with Crippen molar-refractivity contribution < 1.29 is 4.79 Å². The number of amides is 1. The van der Waals surface area contributed by atoms with Gasteiger partial charge in [0.2, 0.25) is 0 Å². The normalized spacial score (nSPS) is 11.5. The van der Waals surface area contributed by atoms with Gasteiger partial charge in [-0.3, -0.25) is 9.69 Å². The van der Waals surface area contributed by atoms with Crippen molar-refractivity contribution in [3.8, 4) is 0 Å². The molecule has 1 N–H and O–H groups in total. The molecular weight excluding hydrogens is 360 g/mol. The molecule has 0 unspecified atom stereocenters. The molecule has 0 spiro atoms. The Morgan fingerprint density at radius 2 is 2.07 bits per heavy atom. The highest BCUT2D eigenvalue weighted by Gasteiger charge is 2.15. The largest absolute Gasteiger partial charge is 0.322 e. The number of carbonyl (C=O) groups excluding carboxylic acids is 1. The van der Waals surface area contributed by atoms with Gasteiger partial charge in [-0.1, -0.05) is 13.8 Å². The zero-order valence-corrected chi connectivity index (χ0v) is 16.0. The molecule has 8 heteroatoms. The van der Waals surface area contributed by atoms with Crippen LogP contribution in [0.1, 0.15) is 29.8 Å². The van der Waals surface area contributed by atoms with E-state index in [0.29, 0.717) is 11.2 Å². The molecule has 3 heterocycles. The van der Waals surface area contributed by atoms with E-state index in [-0.39, 0.29) is 5.91 Å². The highest BCUT2D eigenvalue weighted by molar-refractivity contribution is 7.16. The Hall–Kier alpha value is -2.84. The lowest BCUT2D eigenvalue weighted by Gasteiger charge is -2.17. The number of hydrogen-bond donors (Lipinski definition) is 1. The Morgan fingerprint density at radius 3 is 2.89 bits per heavy atom. The van der Waals surface area contributed by atoms with Crippen LogP contribution in [0.25, 0.3) is 15.9 Å². The molecular formula is C19H20N6OS. The minimum absolute atomic E-state index is 0.224. The van der Waals surface area contributed by atoms with Gasteiger partial charge in [0.25, 0.3) is 5.91 Å². The summed E-state index contributed by atoms with van der Waals surface area (Å²) in [6.45, 7) is 7.04. The first-order valence-electron chi connectivity index (χ1n) is 8.87. The summed E-state index contributed by atoms with van der Waals surface area (Å²) in [4.78, 5) is 23.7. The molecule has 0 aliphatic carbocycles. The molecule has 4 rings (SSSR count). The predicted octanol–water partition coefficient (Wildman–Crippen LogP) is 3.43. The summed E-state index contributed by atoms with van der Waals surface area (Å²) in [5.74, 6) is -0.224. The molecule has 0 atom stereocenters. The number of carbonyl (C=O) groups is 1. The van der Waals surface area contributed by atoms with Gasteiger partial charge in [-0.15, -0.1) is 11.3 Å². The number of anilines is 1. The number of rotatable bonds is 6. The topological polar surface area (TPSA) is 75.4 Å². The van der Waals surface area contributed by atoms with E-state index in [9.17, 15) is 4.79 Å². The molecule has 0 fully saturated rings. The van der Waals surface area contributed by atoms with Crippen LogP contribution < -0.4 is 5.32 Å². The van der Waals surface area contributed by atoms with Crippen molar-refractivity contribution in [2.75, 3.05) is 18.4 Å². The average molecular weight is 380 g/mol. The lowest BCUT2D eigenvalue weighted by molar-refractivity contribution is 0.102. The van der Waals surface area contributed by atoms with Crippen molar-refractivity contribution in [2.24, 2.45) is 0 Å². The second-order valence-electron chi connectivity index (χ2n) is 6.24. The van der Waals surface area contributed by atoms with Gasteiger partial charge < -0.3 is 5.32 Å². The molecule has 1 aromatic carbocycles. The molecule has 0 saturated carbocycles. The number of benzene rings is 1. The monoisotopic (exact) mass is 380 g/mol. The van der Waals surface area contributed by atoms with E-state index in [1.165, 1.54) is 0 Å². The van der Waals surface area contributed by atoms with Gasteiger partial charge in [0.15, 0.2) is 5.65 Å². The lowest BCUT2D eigenvalue weighted by atomic mass is 10.2. The predicted molar refractivity (Wildman–Crippen MR) is 107 cm³/mol. The number of nitrogens with one attached hydrogen (secondary N) is 1. The third kappa shape index (κ3) is 3.54. The summed E-state index contributed by atoms with van der Waals surface area (Å²) in [6, 6.07) is 5.67. The van der Waals surface area contributed by atoms with Gasteiger partial charge in [0.1, 0.15) is 5.56 Å². The summed E-state index contributed by atoms with van der Waals surface area (Å²) >= 11 is 1.54. The molecule has 1 amide bonds. The van der Waals surface area contributed by atoms with Gasteiger partial charge in [0.05, 0.1) is 21.9 Å². The zero-order chi connectivity index (χ0) is 18.8. The maximum Gasteiger partial charge on any atom is 0.261 e. The van der Waals surface area contributed by atoms with Crippen LogP contribution >= 0.6 is 11.3 Å². The molecule has 0 aliphatic rings. The van der Waals surface area contributed by atoms with Crippen LogP contribution in [0.2, 0.25) is 0 Å². The minimum atomic E-state index is -0.224. The molecule has 0 bridgehead atoms.